The number of carbonyl (C=O) groups is 2. The second kappa shape index (κ2) is 8.18. The lowest BCUT2D eigenvalue weighted by atomic mass is 9.97. The molecule has 5 heteroatoms. The molecule has 1 aromatic carbocycles. The summed E-state index contributed by atoms with van der Waals surface area (Å²) in [5.41, 5.74) is 4.72. The van der Waals surface area contributed by atoms with Crippen molar-refractivity contribution in [3.63, 3.8) is 0 Å². The highest BCUT2D eigenvalue weighted by Crippen LogP contribution is 2.18. The second-order valence-corrected chi connectivity index (χ2v) is 6.65. The predicted molar refractivity (Wildman–Crippen MR) is 96.2 cm³/mol. The Bertz CT molecular complexity index is 582. The number of nitrogens with zero attached hydrogens (tertiary/aromatic N) is 2. The molecular formula is C19H29N3O2. The van der Waals surface area contributed by atoms with Crippen molar-refractivity contribution in [1.82, 2.24) is 15.1 Å². The first kappa shape index (κ1) is 18.3. The van der Waals surface area contributed by atoms with Crippen molar-refractivity contribution < 1.29 is 9.59 Å². The largest absolute Gasteiger partial charge is 0.339 e. The van der Waals surface area contributed by atoms with Crippen LogP contribution in [0.4, 0.5) is 4.79 Å². The predicted octanol–water partition coefficient (Wildman–Crippen LogP) is 2.42. The molecule has 24 heavy (non-hydrogen) atoms. The summed E-state index contributed by atoms with van der Waals surface area (Å²) < 4.78 is 0. The third kappa shape index (κ3) is 4.49. The van der Waals surface area contributed by atoms with Gasteiger partial charge >= 0.3 is 6.03 Å². The molecule has 2 rings (SSSR count). The number of aryl methyl sites for hydroxylation is 3. The minimum absolute atomic E-state index is 0.0193. The van der Waals surface area contributed by atoms with Gasteiger partial charge in [-0.05, 0) is 43.9 Å². The molecule has 0 saturated carbocycles. The number of urea groups is 1. The molecule has 3 amide bonds. The zero-order valence-electron chi connectivity index (χ0n) is 15.3. The summed E-state index contributed by atoms with van der Waals surface area (Å²) in [5.74, 6) is 0.152. The van der Waals surface area contributed by atoms with E-state index in [0.29, 0.717) is 39.1 Å². The van der Waals surface area contributed by atoms with E-state index in [2.05, 4.69) is 38.2 Å². The highest BCUT2D eigenvalue weighted by molar-refractivity contribution is 5.80. The highest BCUT2D eigenvalue weighted by Gasteiger charge is 2.24. The highest BCUT2D eigenvalue weighted by atomic mass is 16.2. The monoisotopic (exact) mass is 331 g/mol. The van der Waals surface area contributed by atoms with Gasteiger partial charge in [-0.2, -0.15) is 0 Å². The summed E-state index contributed by atoms with van der Waals surface area (Å²) in [6, 6.07) is 4.24. The SMILES string of the molecule is CCCNC(=O)N1CCN(C(=O)Cc2c(C)cc(C)cc2C)CC1. The van der Waals surface area contributed by atoms with Crippen LogP contribution in [0.25, 0.3) is 0 Å². The fourth-order valence-corrected chi connectivity index (χ4v) is 3.25. The van der Waals surface area contributed by atoms with Crippen LogP contribution in [0.1, 0.15) is 35.6 Å². The molecule has 0 aliphatic carbocycles. The van der Waals surface area contributed by atoms with E-state index < -0.39 is 0 Å². The van der Waals surface area contributed by atoms with E-state index in [0.717, 1.165) is 12.0 Å². The molecule has 1 saturated heterocycles. The van der Waals surface area contributed by atoms with Crippen molar-refractivity contribution in [2.45, 2.75) is 40.5 Å². The zero-order chi connectivity index (χ0) is 17.7. The number of carbonyl (C=O) groups excluding carboxylic acids is 2. The van der Waals surface area contributed by atoms with E-state index in [4.69, 9.17) is 0 Å². The quantitative estimate of drug-likeness (QED) is 0.921. The Hall–Kier alpha value is -2.04. The fourth-order valence-electron chi connectivity index (χ4n) is 3.25. The number of rotatable bonds is 4. The molecule has 1 heterocycles. The van der Waals surface area contributed by atoms with E-state index >= 15 is 0 Å². The third-order valence-corrected chi connectivity index (χ3v) is 4.61. The van der Waals surface area contributed by atoms with Gasteiger partial charge in [0, 0.05) is 32.7 Å². The Morgan fingerprint density at radius 1 is 1.00 bits per heavy atom. The molecule has 1 fully saturated rings. The Morgan fingerprint density at radius 2 is 1.54 bits per heavy atom. The average Bonchev–Trinajstić information content (AvgIpc) is 2.55. The van der Waals surface area contributed by atoms with Crippen molar-refractivity contribution in [2.75, 3.05) is 32.7 Å². The van der Waals surface area contributed by atoms with Gasteiger partial charge in [-0.3, -0.25) is 4.79 Å². The number of piperazine rings is 1. The van der Waals surface area contributed by atoms with Crippen molar-refractivity contribution in [1.29, 1.82) is 0 Å². The minimum atomic E-state index is -0.0193. The van der Waals surface area contributed by atoms with Crippen molar-refractivity contribution in [2.24, 2.45) is 0 Å². The summed E-state index contributed by atoms with van der Waals surface area (Å²) in [6.07, 6.45) is 1.37. The lowest BCUT2D eigenvalue weighted by Crippen LogP contribution is -2.53. The maximum atomic E-state index is 12.6. The molecule has 0 radical (unpaired) electrons. The van der Waals surface area contributed by atoms with Crippen LogP contribution in [0.3, 0.4) is 0 Å². The van der Waals surface area contributed by atoms with Gasteiger partial charge in [0.2, 0.25) is 5.91 Å². The van der Waals surface area contributed by atoms with Gasteiger partial charge in [0.25, 0.3) is 0 Å². The van der Waals surface area contributed by atoms with E-state index in [9.17, 15) is 9.59 Å². The Morgan fingerprint density at radius 3 is 2.08 bits per heavy atom. The molecule has 0 bridgehead atoms. The summed E-state index contributed by atoms with van der Waals surface area (Å²) >= 11 is 0. The molecule has 1 aliphatic heterocycles. The van der Waals surface area contributed by atoms with Crippen LogP contribution >= 0.6 is 0 Å². The number of hydrogen-bond donors (Lipinski definition) is 1. The van der Waals surface area contributed by atoms with Gasteiger partial charge < -0.3 is 15.1 Å². The van der Waals surface area contributed by atoms with Gasteiger partial charge in [-0.1, -0.05) is 24.6 Å². The fraction of sp³-hybridized carbons (Fsp3) is 0.579. The van der Waals surface area contributed by atoms with E-state index in [-0.39, 0.29) is 11.9 Å². The topological polar surface area (TPSA) is 52.7 Å². The molecule has 0 unspecified atom stereocenters. The summed E-state index contributed by atoms with van der Waals surface area (Å²) in [4.78, 5) is 28.2. The molecule has 5 nitrogen and oxygen atoms in total. The summed E-state index contributed by atoms with van der Waals surface area (Å²) in [7, 11) is 0. The van der Waals surface area contributed by atoms with Crippen LogP contribution in [0.2, 0.25) is 0 Å². The second-order valence-electron chi connectivity index (χ2n) is 6.65. The molecule has 1 N–H and O–H groups in total. The average molecular weight is 331 g/mol. The molecule has 1 aromatic rings. The van der Waals surface area contributed by atoms with Crippen molar-refractivity contribution >= 4 is 11.9 Å². The lowest BCUT2D eigenvalue weighted by Gasteiger charge is -2.35. The molecule has 1 aliphatic rings. The molecule has 0 aromatic heterocycles. The Balaban J connectivity index is 1.91. The summed E-state index contributed by atoms with van der Waals surface area (Å²) in [6.45, 7) is 11.4. The van der Waals surface area contributed by atoms with Gasteiger partial charge in [0.1, 0.15) is 0 Å². The van der Waals surface area contributed by atoms with Crippen LogP contribution in [0, 0.1) is 20.8 Å². The van der Waals surface area contributed by atoms with Crippen LogP contribution in [0.5, 0.6) is 0 Å². The van der Waals surface area contributed by atoms with Crippen LogP contribution in [0.15, 0.2) is 12.1 Å². The molecular weight excluding hydrogens is 302 g/mol. The number of amides is 3. The normalized spacial score (nSPS) is 14.7. The maximum Gasteiger partial charge on any atom is 0.317 e. The first-order chi connectivity index (χ1) is 11.4. The van der Waals surface area contributed by atoms with Crippen molar-refractivity contribution in [3.05, 3.63) is 34.4 Å². The maximum absolute atomic E-state index is 12.6. The van der Waals surface area contributed by atoms with E-state index in [1.807, 2.05) is 11.8 Å². The van der Waals surface area contributed by atoms with Gasteiger partial charge in [0.15, 0.2) is 0 Å². The van der Waals surface area contributed by atoms with Crippen LogP contribution < -0.4 is 5.32 Å². The van der Waals surface area contributed by atoms with Gasteiger partial charge in [-0.25, -0.2) is 4.79 Å². The Kier molecular flexibility index (Phi) is 6.23. The standard InChI is InChI=1S/C19H29N3O2/c1-5-6-20-19(24)22-9-7-21(8-10-22)18(23)13-17-15(3)11-14(2)12-16(17)4/h11-12H,5-10,13H2,1-4H3,(H,20,24). The Labute approximate surface area is 145 Å². The minimum Gasteiger partial charge on any atom is -0.339 e. The first-order valence-electron chi connectivity index (χ1n) is 8.79. The van der Waals surface area contributed by atoms with Gasteiger partial charge in [0.05, 0.1) is 6.42 Å². The number of nitrogens with one attached hydrogen (secondary N) is 1. The first-order valence-corrected chi connectivity index (χ1v) is 8.79. The number of benzene rings is 1. The third-order valence-electron chi connectivity index (χ3n) is 4.61. The van der Waals surface area contributed by atoms with Crippen LogP contribution in [-0.4, -0.2) is 54.5 Å². The summed E-state index contributed by atoms with van der Waals surface area (Å²) in [5, 5.41) is 2.89. The smallest absolute Gasteiger partial charge is 0.317 e. The van der Waals surface area contributed by atoms with Gasteiger partial charge in [-0.15, -0.1) is 0 Å². The molecule has 0 spiro atoms. The molecule has 132 valence electrons. The van der Waals surface area contributed by atoms with Crippen molar-refractivity contribution in [3.8, 4) is 0 Å². The van der Waals surface area contributed by atoms with Crippen LogP contribution in [-0.2, 0) is 11.2 Å². The molecule has 0 atom stereocenters. The zero-order valence-corrected chi connectivity index (χ0v) is 15.3. The van der Waals surface area contributed by atoms with E-state index in [1.54, 1.807) is 4.90 Å². The lowest BCUT2D eigenvalue weighted by molar-refractivity contribution is -0.131. The number of hydrogen-bond acceptors (Lipinski definition) is 2. The van der Waals surface area contributed by atoms with E-state index in [1.165, 1.54) is 16.7 Å².